The molecule has 3 saturated carbocycles. The molecule has 5 aliphatic rings. The summed E-state index contributed by atoms with van der Waals surface area (Å²) in [6.07, 6.45) is 10.8. The first-order valence-electron chi connectivity index (χ1n) is 19.1. The minimum Gasteiger partial charge on any atom is -0.273 e. The van der Waals surface area contributed by atoms with Gasteiger partial charge in [0.1, 0.15) is 0 Å². The van der Waals surface area contributed by atoms with Crippen molar-refractivity contribution < 1.29 is 9.59 Å². The van der Waals surface area contributed by atoms with Crippen LogP contribution >= 0.6 is 11.6 Å². The molecule has 0 unspecified atom stereocenters. The Hall–Kier alpha value is -3.18. The lowest BCUT2D eigenvalue weighted by Gasteiger charge is -2.71. The average molecular weight is 692 g/mol. The Morgan fingerprint density at radius 1 is 0.860 bits per heavy atom. The van der Waals surface area contributed by atoms with Gasteiger partial charge in [0.2, 0.25) is 5.91 Å². The summed E-state index contributed by atoms with van der Waals surface area (Å²) < 4.78 is 0. The van der Waals surface area contributed by atoms with Crippen LogP contribution in [-0.4, -0.2) is 16.8 Å². The van der Waals surface area contributed by atoms with E-state index in [1.807, 2.05) is 24.3 Å². The third-order valence-corrected chi connectivity index (χ3v) is 16.2. The average Bonchev–Trinajstić information content (AvgIpc) is 3.08. The molecule has 3 fully saturated rings. The van der Waals surface area contributed by atoms with Gasteiger partial charge in [-0.2, -0.15) is 0 Å². The highest BCUT2D eigenvalue weighted by Crippen LogP contribution is 2.75. The summed E-state index contributed by atoms with van der Waals surface area (Å²) in [6, 6.07) is 17.6. The monoisotopic (exact) mass is 691 g/mol. The zero-order chi connectivity index (χ0) is 35.4. The van der Waals surface area contributed by atoms with Crippen LogP contribution in [-0.2, 0) is 16.6 Å². The Bertz CT molecular complexity index is 1920. The number of benzene rings is 2. The predicted octanol–water partition coefficient (Wildman–Crippen LogP) is 10.0. The molecule has 8 rings (SSSR count). The van der Waals surface area contributed by atoms with E-state index in [1.165, 1.54) is 29.7 Å². The zero-order valence-electron chi connectivity index (χ0n) is 31.0. The smallest absolute Gasteiger partial charge is 0.269 e. The van der Waals surface area contributed by atoms with Gasteiger partial charge in [0.15, 0.2) is 0 Å². The zero-order valence-corrected chi connectivity index (χ0v) is 31.7. The fourth-order valence-corrected chi connectivity index (χ4v) is 13.2. The van der Waals surface area contributed by atoms with Crippen molar-refractivity contribution in [3.05, 3.63) is 88.1 Å². The molecule has 0 bridgehead atoms. The summed E-state index contributed by atoms with van der Waals surface area (Å²) in [5.74, 6) is 1.84. The molecule has 1 heterocycles. The maximum absolute atomic E-state index is 14.5. The number of hydrogen-bond donors (Lipinski definition) is 2. The number of nitrogens with zero attached hydrogens (tertiary/aromatic N) is 1. The van der Waals surface area contributed by atoms with Crippen molar-refractivity contribution >= 4 is 34.3 Å². The molecule has 5 nitrogen and oxygen atoms in total. The molecule has 3 aromatic rings. The quantitative estimate of drug-likeness (QED) is 0.208. The number of fused-ring (bicyclic) bond motifs is 9. The van der Waals surface area contributed by atoms with Gasteiger partial charge in [-0.05, 0) is 139 Å². The number of carbonyl (C=O) groups is 2. The lowest BCUT2D eigenvalue weighted by atomic mass is 9.33. The number of carbonyl (C=O) groups excluding carboxylic acids is 2. The molecule has 2 aromatic carbocycles. The first kappa shape index (κ1) is 33.9. The van der Waals surface area contributed by atoms with Gasteiger partial charge >= 0.3 is 0 Å². The Balaban J connectivity index is 1.16. The van der Waals surface area contributed by atoms with Crippen LogP contribution in [0, 0.1) is 51.2 Å². The number of hydrazine groups is 1. The second-order valence-corrected chi connectivity index (χ2v) is 18.7. The molecule has 0 saturated heterocycles. The number of hydrogen-bond acceptors (Lipinski definition) is 3. The van der Waals surface area contributed by atoms with Crippen LogP contribution in [0.5, 0.6) is 0 Å². The minimum atomic E-state index is -0.523. The van der Waals surface area contributed by atoms with Crippen molar-refractivity contribution in [2.75, 3.05) is 0 Å². The van der Waals surface area contributed by atoms with E-state index in [0.29, 0.717) is 29.2 Å². The number of amides is 2. The summed E-state index contributed by atoms with van der Waals surface area (Å²) in [6.45, 7) is 17.5. The van der Waals surface area contributed by atoms with Gasteiger partial charge in [-0.3, -0.25) is 25.4 Å². The largest absolute Gasteiger partial charge is 0.273 e. The summed E-state index contributed by atoms with van der Waals surface area (Å²) in [4.78, 5) is 32.8. The highest BCUT2D eigenvalue weighted by atomic mass is 35.5. The molecule has 6 heteroatoms. The molecule has 9 atom stereocenters. The second-order valence-electron chi connectivity index (χ2n) is 18.3. The van der Waals surface area contributed by atoms with Crippen molar-refractivity contribution in [2.45, 2.75) is 105 Å². The standard InChI is InChI=1S/C44H54ClN3O2/c1-26-17-20-44(39(50)48-47-38(49)28-11-9-8-10-12-28)22-21-42(6)32(36(44)27(26)2)14-16-35-41(5)25-30-23-29-24-31(45)13-15-33(29)46-37(30)40(3,4)34(41)18-19-43(35,42)7/h8-15,23-24,26-27,34-36H,16-22,25H2,1-7H3,(H,47,49)(H,48,50)/t26-,27+,34+,35-,36+,41+,42-,43-,44+/m1/s1. The molecule has 0 spiro atoms. The van der Waals surface area contributed by atoms with E-state index in [2.05, 4.69) is 83.6 Å². The predicted molar refractivity (Wildman–Crippen MR) is 201 cm³/mol. The van der Waals surface area contributed by atoms with Gasteiger partial charge in [-0.25, -0.2) is 0 Å². The normalized spacial score (nSPS) is 38.3. The van der Waals surface area contributed by atoms with Crippen molar-refractivity contribution in [3.63, 3.8) is 0 Å². The van der Waals surface area contributed by atoms with Crippen LogP contribution in [0.3, 0.4) is 0 Å². The molecule has 264 valence electrons. The molecule has 5 aliphatic carbocycles. The number of allylic oxidation sites excluding steroid dienone is 2. The Labute approximate surface area is 303 Å². The Morgan fingerprint density at radius 2 is 1.62 bits per heavy atom. The molecule has 2 N–H and O–H groups in total. The minimum absolute atomic E-state index is 0.00344. The number of rotatable bonds is 2. The van der Waals surface area contributed by atoms with E-state index in [9.17, 15) is 9.59 Å². The van der Waals surface area contributed by atoms with Gasteiger partial charge in [-0.15, -0.1) is 0 Å². The third kappa shape index (κ3) is 4.60. The maximum Gasteiger partial charge on any atom is 0.269 e. The van der Waals surface area contributed by atoms with E-state index in [-0.39, 0.29) is 39.4 Å². The first-order chi connectivity index (χ1) is 23.7. The number of nitrogens with one attached hydrogen (secondary N) is 2. The topological polar surface area (TPSA) is 71.1 Å². The first-order valence-corrected chi connectivity index (χ1v) is 19.5. The number of aromatic nitrogens is 1. The molecule has 0 radical (unpaired) electrons. The van der Waals surface area contributed by atoms with Crippen LogP contribution < -0.4 is 10.9 Å². The maximum atomic E-state index is 14.5. The molecule has 1 aromatic heterocycles. The Morgan fingerprint density at radius 3 is 2.38 bits per heavy atom. The van der Waals surface area contributed by atoms with Crippen LogP contribution in [0.15, 0.2) is 66.2 Å². The number of pyridine rings is 1. The Kier molecular flexibility index (Phi) is 7.74. The van der Waals surface area contributed by atoms with Crippen molar-refractivity contribution in [3.8, 4) is 0 Å². The molecule has 0 aliphatic heterocycles. The molecule has 2 amide bonds. The van der Waals surface area contributed by atoms with Crippen molar-refractivity contribution in [2.24, 2.45) is 51.2 Å². The van der Waals surface area contributed by atoms with E-state index in [0.717, 1.165) is 54.5 Å². The lowest BCUT2D eigenvalue weighted by Crippen LogP contribution is -2.66. The third-order valence-electron chi connectivity index (χ3n) is 15.9. The fourth-order valence-electron chi connectivity index (χ4n) is 13.0. The van der Waals surface area contributed by atoms with Gasteiger partial charge in [0, 0.05) is 21.4 Å². The summed E-state index contributed by atoms with van der Waals surface area (Å²) in [7, 11) is 0. The van der Waals surface area contributed by atoms with Gasteiger partial charge < -0.3 is 0 Å². The molecular weight excluding hydrogens is 638 g/mol. The molecular formula is C44H54ClN3O2. The van der Waals surface area contributed by atoms with E-state index < -0.39 is 5.41 Å². The summed E-state index contributed by atoms with van der Waals surface area (Å²) in [5, 5.41) is 1.89. The summed E-state index contributed by atoms with van der Waals surface area (Å²) in [5.41, 5.74) is 11.2. The lowest BCUT2D eigenvalue weighted by molar-refractivity contribution is -0.170. The second kappa shape index (κ2) is 11.4. The summed E-state index contributed by atoms with van der Waals surface area (Å²) >= 11 is 6.46. The van der Waals surface area contributed by atoms with Crippen molar-refractivity contribution in [1.82, 2.24) is 15.8 Å². The SMILES string of the molecule is C[C@H]1[C@H](C)CC[C@]2(C(=O)NNC(=O)c3ccccc3)CC[C@]3(C)C(=CC[C@@H]4[C@@]5(C)Cc6cc7cc(Cl)ccc7nc6C(C)(C)[C@@H]5CC[C@]43C)[C@H]12. The van der Waals surface area contributed by atoms with Gasteiger partial charge in [0.05, 0.1) is 16.6 Å². The van der Waals surface area contributed by atoms with Gasteiger partial charge in [-0.1, -0.05) is 89.9 Å². The van der Waals surface area contributed by atoms with Crippen LogP contribution in [0.25, 0.3) is 10.9 Å². The van der Waals surface area contributed by atoms with Crippen LogP contribution in [0.4, 0.5) is 0 Å². The van der Waals surface area contributed by atoms with Crippen LogP contribution in [0.2, 0.25) is 5.02 Å². The number of halogens is 1. The highest BCUT2D eigenvalue weighted by Gasteiger charge is 2.69. The van der Waals surface area contributed by atoms with E-state index in [4.69, 9.17) is 16.6 Å². The van der Waals surface area contributed by atoms with Crippen molar-refractivity contribution in [1.29, 1.82) is 0 Å². The van der Waals surface area contributed by atoms with E-state index in [1.54, 1.807) is 12.1 Å². The van der Waals surface area contributed by atoms with E-state index >= 15 is 0 Å². The fraction of sp³-hybridized carbons (Fsp3) is 0.568. The molecule has 50 heavy (non-hydrogen) atoms. The van der Waals surface area contributed by atoms with Crippen LogP contribution in [0.1, 0.15) is 115 Å². The van der Waals surface area contributed by atoms with Gasteiger partial charge in [0.25, 0.3) is 5.91 Å². The highest BCUT2D eigenvalue weighted by molar-refractivity contribution is 6.31.